The summed E-state index contributed by atoms with van der Waals surface area (Å²) in [4.78, 5) is 21.0. The van der Waals surface area contributed by atoms with Crippen molar-refractivity contribution in [3.63, 3.8) is 0 Å². The van der Waals surface area contributed by atoms with E-state index in [1.807, 2.05) is 11.4 Å². The number of nitrogens with one attached hydrogen (secondary N) is 1. The van der Waals surface area contributed by atoms with E-state index in [1.54, 1.807) is 12.1 Å². The number of anilines is 1. The van der Waals surface area contributed by atoms with Crippen molar-refractivity contribution in [2.45, 2.75) is 6.42 Å². The maximum Gasteiger partial charge on any atom is 0.222 e. The Labute approximate surface area is 136 Å². The largest absolute Gasteiger partial charge is 0.369 e. The van der Waals surface area contributed by atoms with Gasteiger partial charge in [-0.2, -0.15) is 0 Å². The summed E-state index contributed by atoms with van der Waals surface area (Å²) >= 11 is 1.53. The third kappa shape index (κ3) is 3.62. The zero-order valence-electron chi connectivity index (χ0n) is 12.2. The number of rotatable bonds is 6. The molecule has 0 saturated heterocycles. The number of nitrogens with zero attached hydrogens (tertiary/aromatic N) is 2. The van der Waals surface area contributed by atoms with Gasteiger partial charge in [-0.15, -0.1) is 11.3 Å². The Morgan fingerprint density at radius 1 is 1.26 bits per heavy atom. The Hall–Kier alpha value is -2.54. The Balaban J connectivity index is 1.71. The molecule has 0 fully saturated rings. The molecule has 23 heavy (non-hydrogen) atoms. The van der Waals surface area contributed by atoms with Crippen molar-refractivity contribution in [1.29, 1.82) is 0 Å². The number of hydrogen-bond acceptors (Lipinski definition) is 5. The Morgan fingerprint density at radius 3 is 2.78 bits per heavy atom. The monoisotopic (exact) mass is 330 g/mol. The predicted molar refractivity (Wildman–Crippen MR) is 88.7 cm³/mol. The zero-order chi connectivity index (χ0) is 16.2. The molecular formula is C16H15FN4OS. The van der Waals surface area contributed by atoms with Gasteiger partial charge >= 0.3 is 0 Å². The summed E-state index contributed by atoms with van der Waals surface area (Å²) in [5.41, 5.74) is 6.35. The van der Waals surface area contributed by atoms with Crippen LogP contribution in [0.2, 0.25) is 0 Å². The molecule has 1 aromatic carbocycles. The highest BCUT2D eigenvalue weighted by atomic mass is 32.1. The van der Waals surface area contributed by atoms with Gasteiger partial charge in [-0.25, -0.2) is 14.4 Å². The molecule has 3 rings (SSSR count). The van der Waals surface area contributed by atoms with Crippen molar-refractivity contribution < 1.29 is 9.18 Å². The molecule has 0 aliphatic heterocycles. The summed E-state index contributed by atoms with van der Waals surface area (Å²) in [7, 11) is 0. The maximum atomic E-state index is 13.0. The summed E-state index contributed by atoms with van der Waals surface area (Å²) in [6.45, 7) is 0.356. The molecule has 0 unspecified atom stereocenters. The molecule has 1 amide bonds. The Kier molecular flexibility index (Phi) is 4.47. The zero-order valence-corrected chi connectivity index (χ0v) is 13.0. The maximum absolute atomic E-state index is 13.0. The fourth-order valence-electron chi connectivity index (χ4n) is 2.33. The fraction of sp³-hybridized carbons (Fsp3) is 0.188. The number of hydrogen-bond donors (Lipinski definition) is 2. The lowest BCUT2D eigenvalue weighted by molar-refractivity contribution is -0.121. The van der Waals surface area contributed by atoms with Gasteiger partial charge in [-0.1, -0.05) is 12.1 Å². The summed E-state index contributed by atoms with van der Waals surface area (Å²) in [6.07, 6.45) is 1.93. The number of amides is 1. The average molecular weight is 330 g/mol. The second-order valence-electron chi connectivity index (χ2n) is 5.17. The van der Waals surface area contributed by atoms with Gasteiger partial charge in [0.05, 0.1) is 11.3 Å². The van der Waals surface area contributed by atoms with E-state index < -0.39 is 11.8 Å². The van der Waals surface area contributed by atoms with E-state index in [2.05, 4.69) is 15.3 Å². The van der Waals surface area contributed by atoms with E-state index in [4.69, 9.17) is 5.73 Å². The van der Waals surface area contributed by atoms with E-state index in [-0.39, 0.29) is 5.82 Å². The molecule has 2 aromatic heterocycles. The van der Waals surface area contributed by atoms with Crippen LogP contribution in [0.3, 0.4) is 0 Å². The van der Waals surface area contributed by atoms with Crippen molar-refractivity contribution in [2.75, 3.05) is 11.9 Å². The van der Waals surface area contributed by atoms with Crippen LogP contribution in [0.4, 0.5) is 10.2 Å². The van der Waals surface area contributed by atoms with E-state index >= 15 is 0 Å². The number of carbonyl (C=O) groups excluding carboxylic acids is 1. The third-order valence-corrected chi connectivity index (χ3v) is 4.40. The molecule has 118 valence electrons. The minimum atomic E-state index is -0.413. The molecule has 0 saturated carbocycles. The fourth-order valence-corrected chi connectivity index (χ4v) is 3.06. The van der Waals surface area contributed by atoms with E-state index in [9.17, 15) is 9.18 Å². The lowest BCUT2D eigenvalue weighted by atomic mass is 9.98. The van der Waals surface area contributed by atoms with Gasteiger partial charge in [0.15, 0.2) is 0 Å². The van der Waals surface area contributed by atoms with Crippen LogP contribution < -0.4 is 11.1 Å². The van der Waals surface area contributed by atoms with E-state index in [1.165, 1.54) is 29.8 Å². The van der Waals surface area contributed by atoms with Crippen LogP contribution in [0, 0.1) is 11.7 Å². The minimum absolute atomic E-state index is 0.302. The molecule has 1 atom stereocenters. The topological polar surface area (TPSA) is 80.9 Å². The Bertz CT molecular complexity index is 818. The number of nitrogens with two attached hydrogens (primary N) is 1. The third-order valence-electron chi connectivity index (χ3n) is 3.58. The molecule has 3 N–H and O–H groups in total. The first-order valence-corrected chi connectivity index (χ1v) is 7.97. The summed E-state index contributed by atoms with van der Waals surface area (Å²) in [5.74, 6) is -0.438. The lowest BCUT2D eigenvalue weighted by Gasteiger charge is -2.15. The second-order valence-corrected chi connectivity index (χ2v) is 6.07. The predicted octanol–water partition coefficient (Wildman–Crippen LogP) is 2.59. The van der Waals surface area contributed by atoms with Crippen molar-refractivity contribution in [3.8, 4) is 0 Å². The van der Waals surface area contributed by atoms with Crippen molar-refractivity contribution in [2.24, 2.45) is 11.7 Å². The number of primary amides is 1. The molecule has 5 nitrogen and oxygen atoms in total. The van der Waals surface area contributed by atoms with Gasteiger partial charge in [-0.3, -0.25) is 4.79 Å². The molecule has 7 heteroatoms. The molecule has 2 heterocycles. The lowest BCUT2D eigenvalue weighted by Crippen LogP contribution is -2.31. The number of halogens is 1. The number of fused-ring (bicyclic) bond motifs is 1. The second kappa shape index (κ2) is 6.70. The molecule has 0 aliphatic carbocycles. The van der Waals surface area contributed by atoms with Crippen LogP contribution in [0.25, 0.3) is 10.2 Å². The average Bonchev–Trinajstić information content (AvgIpc) is 3.02. The standard InChI is InChI=1S/C16H15FN4OS/c17-12-3-1-10(2-4-12)7-11(14(18)22)8-19-15-13-5-6-23-16(13)21-9-20-15/h1-6,9,11H,7-8H2,(H2,18,22)(H,19,20,21)/t11-/m0/s1. The van der Waals surface area contributed by atoms with Crippen molar-refractivity contribution >= 4 is 33.3 Å². The van der Waals surface area contributed by atoms with Gasteiger partial charge in [-0.05, 0) is 35.6 Å². The number of aromatic nitrogens is 2. The van der Waals surface area contributed by atoms with Crippen LogP contribution in [0.5, 0.6) is 0 Å². The molecular weight excluding hydrogens is 315 g/mol. The van der Waals surface area contributed by atoms with Gasteiger partial charge in [0.1, 0.15) is 22.8 Å². The van der Waals surface area contributed by atoms with E-state index in [0.717, 1.165) is 15.8 Å². The number of benzene rings is 1. The molecule has 0 spiro atoms. The normalized spacial score (nSPS) is 12.2. The molecule has 0 aliphatic rings. The first-order chi connectivity index (χ1) is 11.1. The highest BCUT2D eigenvalue weighted by Crippen LogP contribution is 2.24. The smallest absolute Gasteiger partial charge is 0.222 e. The molecule has 3 aromatic rings. The van der Waals surface area contributed by atoms with Crippen LogP contribution in [0.1, 0.15) is 5.56 Å². The Morgan fingerprint density at radius 2 is 2.04 bits per heavy atom. The quantitative estimate of drug-likeness (QED) is 0.728. The van der Waals surface area contributed by atoms with Gasteiger partial charge in [0.2, 0.25) is 5.91 Å². The SMILES string of the molecule is NC(=O)[C@H](CNc1ncnc2sccc12)Cc1ccc(F)cc1. The highest BCUT2D eigenvalue weighted by Gasteiger charge is 2.17. The van der Waals surface area contributed by atoms with E-state index in [0.29, 0.717) is 18.8 Å². The van der Waals surface area contributed by atoms with Crippen molar-refractivity contribution in [3.05, 3.63) is 53.4 Å². The minimum Gasteiger partial charge on any atom is -0.369 e. The summed E-state index contributed by atoms with van der Waals surface area (Å²) in [6, 6.07) is 8.00. The van der Waals surface area contributed by atoms with Crippen LogP contribution in [-0.2, 0) is 11.2 Å². The first-order valence-electron chi connectivity index (χ1n) is 7.09. The summed E-state index contributed by atoms with van der Waals surface area (Å²) in [5, 5.41) is 6.03. The van der Waals surface area contributed by atoms with Crippen LogP contribution in [-0.4, -0.2) is 22.4 Å². The van der Waals surface area contributed by atoms with Gasteiger partial charge in [0.25, 0.3) is 0 Å². The highest BCUT2D eigenvalue weighted by molar-refractivity contribution is 7.16. The van der Waals surface area contributed by atoms with Crippen LogP contribution >= 0.6 is 11.3 Å². The van der Waals surface area contributed by atoms with Crippen molar-refractivity contribution in [1.82, 2.24) is 9.97 Å². The van der Waals surface area contributed by atoms with Crippen LogP contribution in [0.15, 0.2) is 42.0 Å². The first kappa shape index (κ1) is 15.4. The molecule has 0 radical (unpaired) electrons. The molecule has 0 bridgehead atoms. The number of thiophene rings is 1. The summed E-state index contributed by atoms with van der Waals surface area (Å²) < 4.78 is 13.0. The number of carbonyl (C=O) groups is 1. The van der Waals surface area contributed by atoms with Gasteiger partial charge in [0, 0.05) is 6.54 Å². The van der Waals surface area contributed by atoms with Gasteiger partial charge < -0.3 is 11.1 Å².